The highest BCUT2D eigenvalue weighted by atomic mass is 32.2. The summed E-state index contributed by atoms with van der Waals surface area (Å²) >= 11 is 0. The molecule has 2 fully saturated rings. The van der Waals surface area contributed by atoms with Crippen molar-refractivity contribution in [2.24, 2.45) is 0 Å². The van der Waals surface area contributed by atoms with Crippen molar-refractivity contribution >= 4 is 10.0 Å². The van der Waals surface area contributed by atoms with Crippen LogP contribution in [0.3, 0.4) is 0 Å². The van der Waals surface area contributed by atoms with Crippen molar-refractivity contribution in [3.05, 3.63) is 29.3 Å². The van der Waals surface area contributed by atoms with Gasteiger partial charge in [0.15, 0.2) is 0 Å². The molecule has 0 spiro atoms. The highest BCUT2D eigenvalue weighted by Gasteiger charge is 2.38. The van der Waals surface area contributed by atoms with Crippen molar-refractivity contribution in [1.82, 2.24) is 9.21 Å². The van der Waals surface area contributed by atoms with Crippen molar-refractivity contribution in [3.63, 3.8) is 0 Å². The van der Waals surface area contributed by atoms with E-state index in [4.69, 9.17) is 0 Å². The second-order valence-corrected chi connectivity index (χ2v) is 8.78. The van der Waals surface area contributed by atoms with Gasteiger partial charge in [0.05, 0.1) is 10.5 Å². The lowest BCUT2D eigenvalue weighted by Gasteiger charge is -2.28. The van der Waals surface area contributed by atoms with Crippen LogP contribution in [0.2, 0.25) is 0 Å². The number of hydrogen-bond acceptors (Lipinski definition) is 3. The molecule has 0 aliphatic carbocycles. The SMILES string of the molecule is Cc1ccc(S(=O)(=O)N2CCC[C@H]2CN2CCCC2)cc1C(F)(F)F. The van der Waals surface area contributed by atoms with Gasteiger partial charge in [0, 0.05) is 19.1 Å². The monoisotopic (exact) mass is 376 g/mol. The molecule has 0 radical (unpaired) electrons. The predicted octanol–water partition coefficient (Wildman–Crippen LogP) is 3.26. The molecule has 0 N–H and O–H groups in total. The Balaban J connectivity index is 1.87. The van der Waals surface area contributed by atoms with E-state index in [2.05, 4.69) is 4.90 Å². The molecule has 140 valence electrons. The summed E-state index contributed by atoms with van der Waals surface area (Å²) in [5, 5.41) is 0. The highest BCUT2D eigenvalue weighted by molar-refractivity contribution is 7.89. The zero-order valence-electron chi connectivity index (χ0n) is 14.2. The van der Waals surface area contributed by atoms with Gasteiger partial charge >= 0.3 is 6.18 Å². The standard InChI is InChI=1S/C17H23F3N2O2S/c1-13-6-7-15(11-16(13)17(18,19)20)25(23,24)22-10-4-5-14(22)12-21-8-2-3-9-21/h6-7,11,14H,2-5,8-10,12H2,1H3/t14-/m0/s1. The van der Waals surface area contributed by atoms with Gasteiger partial charge in [-0.15, -0.1) is 0 Å². The van der Waals surface area contributed by atoms with E-state index in [1.807, 2.05) is 0 Å². The smallest absolute Gasteiger partial charge is 0.302 e. The molecule has 0 saturated carbocycles. The predicted molar refractivity (Wildman–Crippen MR) is 88.8 cm³/mol. The number of hydrogen-bond donors (Lipinski definition) is 0. The van der Waals surface area contributed by atoms with E-state index in [9.17, 15) is 21.6 Å². The third-order valence-corrected chi connectivity index (χ3v) is 7.06. The second-order valence-electron chi connectivity index (χ2n) is 6.89. The van der Waals surface area contributed by atoms with E-state index >= 15 is 0 Å². The lowest BCUT2D eigenvalue weighted by atomic mass is 10.1. The number of rotatable bonds is 4. The van der Waals surface area contributed by atoms with Gasteiger partial charge in [0.25, 0.3) is 0 Å². The molecule has 2 heterocycles. The summed E-state index contributed by atoms with van der Waals surface area (Å²) in [6.45, 7) is 4.30. The Morgan fingerprint density at radius 2 is 1.80 bits per heavy atom. The molecule has 4 nitrogen and oxygen atoms in total. The normalized spacial score (nSPS) is 23.4. The fourth-order valence-electron chi connectivity index (χ4n) is 3.77. The van der Waals surface area contributed by atoms with E-state index in [0.29, 0.717) is 13.1 Å². The second kappa shape index (κ2) is 6.89. The molecular weight excluding hydrogens is 353 g/mol. The Bertz CT molecular complexity index is 728. The first-order chi connectivity index (χ1) is 11.7. The molecule has 0 unspecified atom stereocenters. The van der Waals surface area contributed by atoms with Crippen LogP contribution in [-0.2, 0) is 16.2 Å². The minimum atomic E-state index is -4.56. The average molecular weight is 376 g/mol. The fourth-order valence-corrected chi connectivity index (χ4v) is 5.49. The third-order valence-electron chi connectivity index (χ3n) is 5.11. The lowest BCUT2D eigenvalue weighted by Crippen LogP contribution is -2.42. The molecule has 0 amide bonds. The highest BCUT2D eigenvalue weighted by Crippen LogP contribution is 2.35. The van der Waals surface area contributed by atoms with Crippen molar-refractivity contribution in [3.8, 4) is 0 Å². The van der Waals surface area contributed by atoms with Crippen LogP contribution < -0.4 is 0 Å². The van der Waals surface area contributed by atoms with Crippen LogP contribution in [-0.4, -0.2) is 49.8 Å². The summed E-state index contributed by atoms with van der Waals surface area (Å²) in [5.41, 5.74) is -0.856. The van der Waals surface area contributed by atoms with E-state index in [1.165, 1.54) is 23.4 Å². The van der Waals surface area contributed by atoms with E-state index in [-0.39, 0.29) is 16.5 Å². The Labute approximate surface area is 146 Å². The summed E-state index contributed by atoms with van der Waals surface area (Å²) in [5.74, 6) is 0. The summed E-state index contributed by atoms with van der Waals surface area (Å²) in [6, 6.07) is 3.14. The van der Waals surface area contributed by atoms with Crippen molar-refractivity contribution in [2.75, 3.05) is 26.2 Å². The number of halogens is 3. The van der Waals surface area contributed by atoms with Gasteiger partial charge < -0.3 is 4.90 Å². The average Bonchev–Trinajstić information content (AvgIpc) is 3.18. The minimum absolute atomic E-state index is 0.0292. The number of sulfonamides is 1. The first-order valence-corrected chi connectivity index (χ1v) is 10.1. The summed E-state index contributed by atoms with van der Waals surface area (Å²) < 4.78 is 66.7. The number of benzene rings is 1. The largest absolute Gasteiger partial charge is 0.416 e. The zero-order chi connectivity index (χ0) is 18.2. The van der Waals surface area contributed by atoms with Crippen LogP contribution >= 0.6 is 0 Å². The van der Waals surface area contributed by atoms with Gasteiger partial charge in [-0.25, -0.2) is 8.42 Å². The molecule has 0 aromatic heterocycles. The van der Waals surface area contributed by atoms with Crippen LogP contribution in [0.15, 0.2) is 23.1 Å². The first kappa shape index (κ1) is 18.7. The van der Waals surface area contributed by atoms with Gasteiger partial charge in [0.1, 0.15) is 0 Å². The molecule has 25 heavy (non-hydrogen) atoms. The van der Waals surface area contributed by atoms with Gasteiger partial charge in [-0.05, 0) is 63.4 Å². The van der Waals surface area contributed by atoms with Gasteiger partial charge in [-0.3, -0.25) is 0 Å². The van der Waals surface area contributed by atoms with Crippen LogP contribution in [0.4, 0.5) is 13.2 Å². The summed E-state index contributed by atoms with van der Waals surface area (Å²) in [4.78, 5) is 1.98. The van der Waals surface area contributed by atoms with E-state index in [1.54, 1.807) is 0 Å². The third kappa shape index (κ3) is 3.85. The van der Waals surface area contributed by atoms with Crippen LogP contribution in [0.1, 0.15) is 36.8 Å². The van der Waals surface area contributed by atoms with Crippen molar-refractivity contribution < 1.29 is 21.6 Å². The maximum Gasteiger partial charge on any atom is 0.416 e. The molecule has 1 aromatic rings. The molecule has 1 aromatic carbocycles. The Hall–Kier alpha value is -1.12. The molecule has 2 saturated heterocycles. The Kier molecular flexibility index (Phi) is 5.14. The molecule has 0 bridgehead atoms. The molecule has 8 heteroatoms. The first-order valence-electron chi connectivity index (χ1n) is 8.61. The van der Waals surface area contributed by atoms with Crippen LogP contribution in [0.25, 0.3) is 0 Å². The fraction of sp³-hybridized carbons (Fsp3) is 0.647. The number of nitrogens with zero attached hydrogens (tertiary/aromatic N) is 2. The van der Waals surface area contributed by atoms with Crippen molar-refractivity contribution in [2.45, 2.75) is 49.7 Å². The lowest BCUT2D eigenvalue weighted by molar-refractivity contribution is -0.138. The summed E-state index contributed by atoms with van der Waals surface area (Å²) in [7, 11) is -3.92. The van der Waals surface area contributed by atoms with Crippen LogP contribution in [0.5, 0.6) is 0 Å². The Morgan fingerprint density at radius 1 is 1.12 bits per heavy atom. The van der Waals surface area contributed by atoms with E-state index < -0.39 is 21.8 Å². The maximum atomic E-state index is 13.1. The molecule has 1 atom stereocenters. The molecule has 3 rings (SSSR count). The van der Waals surface area contributed by atoms with Crippen LogP contribution in [0, 0.1) is 6.92 Å². The quantitative estimate of drug-likeness (QED) is 0.810. The van der Waals surface area contributed by atoms with Gasteiger partial charge in [-0.2, -0.15) is 17.5 Å². The maximum absolute atomic E-state index is 13.1. The number of alkyl halides is 3. The zero-order valence-corrected chi connectivity index (χ0v) is 15.0. The topological polar surface area (TPSA) is 40.6 Å². The van der Waals surface area contributed by atoms with E-state index in [0.717, 1.165) is 44.8 Å². The number of likely N-dealkylation sites (tertiary alicyclic amines) is 1. The van der Waals surface area contributed by atoms with Crippen molar-refractivity contribution in [1.29, 1.82) is 0 Å². The van der Waals surface area contributed by atoms with Gasteiger partial charge in [0.2, 0.25) is 10.0 Å². The Morgan fingerprint density at radius 3 is 2.44 bits per heavy atom. The molecule has 2 aliphatic rings. The molecule has 2 aliphatic heterocycles. The minimum Gasteiger partial charge on any atom is -0.302 e. The number of aryl methyl sites for hydroxylation is 1. The van der Waals surface area contributed by atoms with Gasteiger partial charge in [-0.1, -0.05) is 6.07 Å². The molecular formula is C17H23F3N2O2S. The summed E-state index contributed by atoms with van der Waals surface area (Å²) in [6.07, 6.45) is -0.822.